The van der Waals surface area contributed by atoms with Gasteiger partial charge in [0.05, 0.1) is 30.7 Å². The zero-order valence-electron chi connectivity index (χ0n) is 19.5. The van der Waals surface area contributed by atoms with Crippen LogP contribution < -0.4 is 21.1 Å². The molecule has 2 aromatic heterocycles. The summed E-state index contributed by atoms with van der Waals surface area (Å²) in [4.78, 5) is 30.2. The average molecular weight is 484 g/mol. The van der Waals surface area contributed by atoms with E-state index in [1.54, 1.807) is 6.20 Å². The maximum Gasteiger partial charge on any atom is 0.303 e. The number of nitrogens with zero attached hydrogens (tertiary/aromatic N) is 5. The van der Waals surface area contributed by atoms with Crippen LogP contribution in [0.25, 0.3) is 23.3 Å². The third kappa shape index (κ3) is 4.74. The Morgan fingerprint density at radius 3 is 2.67 bits per heavy atom. The molecule has 1 aliphatic heterocycles. The molecule has 0 saturated carbocycles. The Hall–Kier alpha value is -4.73. The Morgan fingerprint density at radius 2 is 1.81 bits per heavy atom. The van der Waals surface area contributed by atoms with Crippen LogP contribution >= 0.6 is 0 Å². The molecule has 0 aliphatic carbocycles. The molecule has 10 nitrogen and oxygen atoms in total. The number of ether oxygens (including phenoxy) is 1. The summed E-state index contributed by atoms with van der Waals surface area (Å²) in [5.74, 6) is 0.172. The zero-order chi connectivity index (χ0) is 25.1. The monoisotopic (exact) mass is 483 g/mol. The molecule has 2 aromatic carbocycles. The van der Waals surface area contributed by atoms with Crippen LogP contribution in [0.4, 0.5) is 23.1 Å². The van der Waals surface area contributed by atoms with Gasteiger partial charge in [-0.25, -0.2) is 9.97 Å². The number of aromatic nitrogens is 4. The molecule has 182 valence electrons. The van der Waals surface area contributed by atoms with E-state index in [1.807, 2.05) is 36.4 Å². The van der Waals surface area contributed by atoms with E-state index < -0.39 is 5.97 Å². The van der Waals surface area contributed by atoms with Gasteiger partial charge in [-0.2, -0.15) is 9.97 Å². The van der Waals surface area contributed by atoms with Gasteiger partial charge in [-0.1, -0.05) is 30.3 Å². The van der Waals surface area contributed by atoms with Crippen molar-refractivity contribution in [1.82, 2.24) is 19.9 Å². The van der Waals surface area contributed by atoms with Gasteiger partial charge in [0.15, 0.2) is 17.0 Å². The van der Waals surface area contributed by atoms with Crippen molar-refractivity contribution in [3.63, 3.8) is 0 Å². The smallest absolute Gasteiger partial charge is 0.303 e. The van der Waals surface area contributed by atoms with Gasteiger partial charge in [-0.05, 0) is 42.7 Å². The molecule has 1 aliphatic rings. The van der Waals surface area contributed by atoms with Gasteiger partial charge in [0.2, 0.25) is 5.95 Å². The van der Waals surface area contributed by atoms with Gasteiger partial charge in [-0.15, -0.1) is 0 Å². The molecular weight excluding hydrogens is 458 g/mol. The zero-order valence-corrected chi connectivity index (χ0v) is 19.5. The summed E-state index contributed by atoms with van der Waals surface area (Å²) in [5, 5.41) is 8.86. The molecule has 4 aromatic rings. The summed E-state index contributed by atoms with van der Waals surface area (Å²) >= 11 is 0. The van der Waals surface area contributed by atoms with Crippen molar-refractivity contribution in [3.8, 4) is 5.75 Å². The summed E-state index contributed by atoms with van der Waals surface area (Å²) in [6.45, 7) is 0.851. The molecule has 0 bridgehead atoms. The second-order valence-electron chi connectivity index (χ2n) is 8.37. The Morgan fingerprint density at radius 1 is 0.972 bits per heavy atom. The number of hydrogen-bond acceptors (Lipinski definition) is 9. The molecule has 0 radical (unpaired) electrons. The minimum absolute atomic E-state index is 0.0546. The largest absolute Gasteiger partial charge is 0.493 e. The number of benzene rings is 2. The second-order valence-corrected chi connectivity index (χ2v) is 8.37. The fraction of sp³-hybridized carbons (Fsp3) is 0.192. The van der Waals surface area contributed by atoms with Gasteiger partial charge in [-0.3, -0.25) is 4.79 Å². The number of anilines is 4. The van der Waals surface area contributed by atoms with E-state index in [9.17, 15) is 4.79 Å². The van der Waals surface area contributed by atoms with Crippen LogP contribution in [-0.2, 0) is 11.3 Å². The standard InChI is InChI=1S/C26H25N7O3/c27-24-23-25(32-26(28)31-24)29-14-17(30-23)15-33-19-7-2-1-6-16(19)11-12-18-20(33)8-5-9-21(18)36-13-4-3-10-22(34)35/h1-2,5-9,11-12,14H,3-4,10,13,15H2,(H,34,35)(H4,27,28,29,31,32). The number of unbranched alkanes of at least 4 members (excludes halogenated alkanes) is 1. The summed E-state index contributed by atoms with van der Waals surface area (Å²) < 4.78 is 6.08. The molecule has 10 heteroatoms. The van der Waals surface area contributed by atoms with Crippen molar-refractivity contribution in [2.75, 3.05) is 23.0 Å². The van der Waals surface area contributed by atoms with Gasteiger partial charge in [0.1, 0.15) is 5.75 Å². The molecule has 36 heavy (non-hydrogen) atoms. The number of carbonyl (C=O) groups is 1. The van der Waals surface area contributed by atoms with Crippen molar-refractivity contribution < 1.29 is 14.6 Å². The van der Waals surface area contributed by atoms with Gasteiger partial charge in [0.25, 0.3) is 0 Å². The topological polar surface area (TPSA) is 153 Å². The number of carboxylic acids is 1. The first-order valence-corrected chi connectivity index (χ1v) is 11.6. The van der Waals surface area contributed by atoms with Crippen LogP contribution in [0.5, 0.6) is 5.75 Å². The third-order valence-electron chi connectivity index (χ3n) is 5.85. The molecule has 0 spiro atoms. The first kappa shape index (κ1) is 23.0. The lowest BCUT2D eigenvalue weighted by Crippen LogP contribution is -2.19. The van der Waals surface area contributed by atoms with E-state index in [0.717, 1.165) is 28.3 Å². The predicted molar refractivity (Wildman–Crippen MR) is 139 cm³/mol. The Bertz CT molecular complexity index is 1470. The van der Waals surface area contributed by atoms with Crippen molar-refractivity contribution in [1.29, 1.82) is 0 Å². The van der Waals surface area contributed by atoms with E-state index in [-0.39, 0.29) is 18.2 Å². The molecule has 0 fully saturated rings. The SMILES string of the molecule is Nc1nc(N)c2nc(CN3c4ccccc4C=Cc4c(OCCCCC(=O)O)cccc43)cnc2n1. The molecule has 5 N–H and O–H groups in total. The number of fused-ring (bicyclic) bond motifs is 3. The summed E-state index contributed by atoms with van der Waals surface area (Å²) in [6, 6.07) is 14.0. The van der Waals surface area contributed by atoms with E-state index in [2.05, 4.69) is 43.0 Å². The quantitative estimate of drug-likeness (QED) is 0.313. The molecule has 3 heterocycles. The molecule has 0 saturated heterocycles. The highest BCUT2D eigenvalue weighted by molar-refractivity contribution is 5.90. The maximum atomic E-state index is 10.8. The number of carboxylic acid groups (broad SMARTS) is 1. The first-order chi connectivity index (χ1) is 17.5. The van der Waals surface area contributed by atoms with Gasteiger partial charge in [0, 0.05) is 17.7 Å². The van der Waals surface area contributed by atoms with Gasteiger partial charge < -0.3 is 26.2 Å². The van der Waals surface area contributed by atoms with E-state index in [4.69, 9.17) is 21.3 Å². The number of hydrogen-bond donors (Lipinski definition) is 3. The molecule has 5 rings (SSSR count). The molecular formula is C26H25N7O3. The minimum Gasteiger partial charge on any atom is -0.493 e. The average Bonchev–Trinajstić information content (AvgIpc) is 3.02. The molecule has 0 atom stereocenters. The number of para-hydroxylation sites is 1. The number of nitrogens with two attached hydrogens (primary N) is 2. The number of nitrogen functional groups attached to an aromatic ring is 2. The van der Waals surface area contributed by atoms with E-state index in [1.165, 1.54) is 0 Å². The number of rotatable bonds is 8. The normalized spacial score (nSPS) is 12.2. The van der Waals surface area contributed by atoms with E-state index >= 15 is 0 Å². The molecule has 0 unspecified atom stereocenters. The highest BCUT2D eigenvalue weighted by Crippen LogP contribution is 2.41. The van der Waals surface area contributed by atoms with Crippen LogP contribution in [0.3, 0.4) is 0 Å². The minimum atomic E-state index is -0.798. The van der Waals surface area contributed by atoms with Crippen molar-refractivity contribution in [3.05, 3.63) is 65.5 Å². The highest BCUT2D eigenvalue weighted by atomic mass is 16.5. The Labute approximate surface area is 207 Å². The lowest BCUT2D eigenvalue weighted by molar-refractivity contribution is -0.137. The fourth-order valence-corrected chi connectivity index (χ4v) is 4.19. The van der Waals surface area contributed by atoms with Crippen molar-refractivity contribution >= 4 is 52.4 Å². The van der Waals surface area contributed by atoms with E-state index in [0.29, 0.717) is 42.9 Å². The first-order valence-electron chi connectivity index (χ1n) is 11.6. The van der Waals surface area contributed by atoms with Crippen molar-refractivity contribution in [2.45, 2.75) is 25.8 Å². The molecule has 0 amide bonds. The highest BCUT2D eigenvalue weighted by Gasteiger charge is 2.21. The fourth-order valence-electron chi connectivity index (χ4n) is 4.19. The summed E-state index contributed by atoms with van der Waals surface area (Å²) in [7, 11) is 0. The van der Waals surface area contributed by atoms with Crippen LogP contribution in [-0.4, -0.2) is 37.6 Å². The summed E-state index contributed by atoms with van der Waals surface area (Å²) in [6.07, 6.45) is 7.13. The second kappa shape index (κ2) is 9.87. The van der Waals surface area contributed by atoms with Crippen LogP contribution in [0.2, 0.25) is 0 Å². The van der Waals surface area contributed by atoms with Gasteiger partial charge >= 0.3 is 5.97 Å². The maximum absolute atomic E-state index is 10.8. The van der Waals surface area contributed by atoms with Crippen LogP contribution in [0.1, 0.15) is 36.1 Å². The lowest BCUT2D eigenvalue weighted by atomic mass is 10.1. The third-order valence-corrected chi connectivity index (χ3v) is 5.85. The van der Waals surface area contributed by atoms with Crippen molar-refractivity contribution in [2.24, 2.45) is 0 Å². The van der Waals surface area contributed by atoms with Crippen LogP contribution in [0.15, 0.2) is 48.7 Å². The number of aliphatic carboxylic acids is 1. The summed E-state index contributed by atoms with van der Waals surface area (Å²) in [5.41, 5.74) is 17.1. The Kier molecular flexibility index (Phi) is 6.31. The van der Waals surface area contributed by atoms with Crippen LogP contribution in [0, 0.1) is 0 Å². The predicted octanol–water partition coefficient (Wildman–Crippen LogP) is 4.04. The Balaban J connectivity index is 1.49. The lowest BCUT2D eigenvalue weighted by Gasteiger charge is -2.27.